The van der Waals surface area contributed by atoms with Crippen LogP contribution in [-0.2, 0) is 16.1 Å². The van der Waals surface area contributed by atoms with Gasteiger partial charge in [0.05, 0.1) is 34.5 Å². The summed E-state index contributed by atoms with van der Waals surface area (Å²) in [6.45, 7) is 2.14. The Bertz CT molecular complexity index is 2090. The van der Waals surface area contributed by atoms with E-state index in [0.717, 1.165) is 16.0 Å². The van der Waals surface area contributed by atoms with Crippen LogP contribution in [0, 0.1) is 0 Å². The minimum Gasteiger partial charge on any atom is -0.493 e. The van der Waals surface area contributed by atoms with Crippen molar-refractivity contribution in [1.29, 1.82) is 0 Å². The van der Waals surface area contributed by atoms with E-state index in [0.29, 0.717) is 47.7 Å². The van der Waals surface area contributed by atoms with Gasteiger partial charge in [0.1, 0.15) is 12.6 Å². The molecule has 0 N–H and O–H groups in total. The molecule has 45 heavy (non-hydrogen) atoms. The molecule has 3 heterocycles. The molecule has 2 aromatic heterocycles. The number of ether oxygens (including phenoxy) is 3. The van der Waals surface area contributed by atoms with E-state index in [4.69, 9.17) is 42.4 Å². The van der Waals surface area contributed by atoms with Crippen LogP contribution in [0.2, 0.25) is 10.0 Å². The van der Waals surface area contributed by atoms with Gasteiger partial charge in [0.25, 0.3) is 5.56 Å². The van der Waals surface area contributed by atoms with Crippen molar-refractivity contribution >= 4 is 63.6 Å². The topological polar surface area (TPSA) is 79.1 Å². The zero-order valence-electron chi connectivity index (χ0n) is 24.2. The van der Waals surface area contributed by atoms with Gasteiger partial charge in [-0.2, -0.15) is 0 Å². The van der Waals surface area contributed by atoms with E-state index in [-0.39, 0.29) is 18.8 Å². The number of aromatic nitrogens is 1. The van der Waals surface area contributed by atoms with Gasteiger partial charge in [0, 0.05) is 21.0 Å². The number of carbonyl (C=O) groups is 1. The molecule has 7 nitrogen and oxygen atoms in total. The smallest absolute Gasteiger partial charge is 0.338 e. The van der Waals surface area contributed by atoms with E-state index in [1.807, 2.05) is 66.0 Å². The summed E-state index contributed by atoms with van der Waals surface area (Å²) in [5.41, 5.74) is 2.69. The first-order valence-electron chi connectivity index (χ1n) is 13.9. The highest BCUT2D eigenvalue weighted by atomic mass is 35.5. The van der Waals surface area contributed by atoms with Crippen molar-refractivity contribution < 1.29 is 19.0 Å². The summed E-state index contributed by atoms with van der Waals surface area (Å²) >= 11 is 15.7. The Morgan fingerprint density at radius 3 is 2.51 bits per heavy atom. The lowest BCUT2D eigenvalue weighted by Crippen LogP contribution is -2.39. The SMILES string of the molecule is CCOC(=O)C1=C(c2ccccc2)N=c2s/c(=C\c3cc(Cl)c(OCc4ccccc4Cl)c(OC)c3)c(=O)n2[C@H]1c1cccs1. The van der Waals surface area contributed by atoms with E-state index in [2.05, 4.69) is 0 Å². The Kier molecular flexibility index (Phi) is 9.23. The first kappa shape index (κ1) is 30.9. The van der Waals surface area contributed by atoms with Gasteiger partial charge in [-0.15, -0.1) is 11.3 Å². The van der Waals surface area contributed by atoms with Crippen molar-refractivity contribution in [3.8, 4) is 11.5 Å². The molecule has 5 aromatic rings. The third kappa shape index (κ3) is 6.21. The molecular formula is C34H26Cl2N2O5S2. The summed E-state index contributed by atoms with van der Waals surface area (Å²) in [6.07, 6.45) is 1.73. The van der Waals surface area contributed by atoms with Crippen LogP contribution in [0.4, 0.5) is 0 Å². The Labute approximate surface area is 276 Å². The molecule has 0 amide bonds. The molecule has 0 saturated heterocycles. The fraction of sp³-hybridized carbons (Fsp3) is 0.147. The maximum atomic E-state index is 14.1. The molecule has 0 bridgehead atoms. The lowest BCUT2D eigenvalue weighted by Gasteiger charge is -2.24. The molecule has 1 atom stereocenters. The van der Waals surface area contributed by atoms with Gasteiger partial charge in [-0.25, -0.2) is 9.79 Å². The number of thiazole rings is 1. The average Bonchev–Trinajstić information content (AvgIpc) is 3.69. The second kappa shape index (κ2) is 13.5. The molecular weight excluding hydrogens is 651 g/mol. The number of esters is 1. The third-order valence-corrected chi connectivity index (χ3v) is 9.62. The largest absolute Gasteiger partial charge is 0.493 e. The average molecular weight is 678 g/mol. The number of carbonyl (C=O) groups excluding carboxylic acids is 1. The molecule has 0 fully saturated rings. The van der Waals surface area contributed by atoms with Crippen LogP contribution in [-0.4, -0.2) is 24.3 Å². The van der Waals surface area contributed by atoms with Crippen molar-refractivity contribution in [3.63, 3.8) is 0 Å². The summed E-state index contributed by atoms with van der Waals surface area (Å²) in [7, 11) is 1.52. The molecule has 3 aromatic carbocycles. The van der Waals surface area contributed by atoms with Crippen molar-refractivity contribution in [2.45, 2.75) is 19.6 Å². The molecule has 0 unspecified atom stereocenters. The van der Waals surface area contributed by atoms with Crippen LogP contribution < -0.4 is 24.4 Å². The highest BCUT2D eigenvalue weighted by Gasteiger charge is 2.35. The van der Waals surface area contributed by atoms with Crippen LogP contribution >= 0.6 is 45.9 Å². The number of fused-ring (bicyclic) bond motifs is 1. The predicted octanol–water partition coefficient (Wildman–Crippen LogP) is 6.89. The maximum absolute atomic E-state index is 14.1. The molecule has 1 aliphatic heterocycles. The standard InChI is InChI=1S/C34H26Cl2N2O5S2/c1-3-42-33(40)28-29(21-10-5-4-6-11-21)37-34-38(30(28)26-14-9-15-44-26)32(39)27(45-34)18-20-16-24(36)31(25(17-20)41-2)43-19-22-12-7-8-13-23(22)35/h4-18,30H,3,19H2,1-2H3/b27-18-/t30-/m0/s1. The minimum atomic E-state index is -0.712. The van der Waals surface area contributed by atoms with Gasteiger partial charge in [-0.3, -0.25) is 9.36 Å². The van der Waals surface area contributed by atoms with Crippen LogP contribution in [0.5, 0.6) is 11.5 Å². The Hall–Kier alpha value is -4.15. The van der Waals surface area contributed by atoms with Gasteiger partial charge < -0.3 is 14.2 Å². The fourth-order valence-electron chi connectivity index (χ4n) is 5.04. The second-order valence-electron chi connectivity index (χ2n) is 9.86. The van der Waals surface area contributed by atoms with E-state index >= 15 is 0 Å². The van der Waals surface area contributed by atoms with Crippen molar-refractivity contribution in [2.24, 2.45) is 4.99 Å². The van der Waals surface area contributed by atoms with E-state index in [1.165, 1.54) is 29.8 Å². The monoisotopic (exact) mass is 676 g/mol. The zero-order chi connectivity index (χ0) is 31.5. The van der Waals surface area contributed by atoms with E-state index in [9.17, 15) is 9.59 Å². The minimum absolute atomic E-state index is 0.187. The molecule has 11 heteroatoms. The van der Waals surface area contributed by atoms with Gasteiger partial charge in [-0.1, -0.05) is 89.1 Å². The highest BCUT2D eigenvalue weighted by Crippen LogP contribution is 2.38. The highest BCUT2D eigenvalue weighted by molar-refractivity contribution is 7.10. The number of hydrogen-bond acceptors (Lipinski definition) is 8. The molecule has 0 aliphatic carbocycles. The summed E-state index contributed by atoms with van der Waals surface area (Å²) in [5, 5.41) is 2.81. The van der Waals surface area contributed by atoms with Crippen molar-refractivity contribution in [1.82, 2.24) is 4.57 Å². The Balaban J connectivity index is 1.47. The predicted molar refractivity (Wildman–Crippen MR) is 179 cm³/mol. The summed E-state index contributed by atoms with van der Waals surface area (Å²) < 4.78 is 19.1. The summed E-state index contributed by atoms with van der Waals surface area (Å²) in [5.74, 6) is 0.250. The molecule has 0 saturated carbocycles. The van der Waals surface area contributed by atoms with Gasteiger partial charge in [0.2, 0.25) is 0 Å². The first-order valence-corrected chi connectivity index (χ1v) is 16.4. The number of rotatable bonds is 9. The van der Waals surface area contributed by atoms with E-state index < -0.39 is 12.0 Å². The number of nitrogens with zero attached hydrogens (tertiary/aromatic N) is 2. The number of hydrogen-bond donors (Lipinski definition) is 0. The first-order chi connectivity index (χ1) is 21.9. The number of benzene rings is 3. The van der Waals surface area contributed by atoms with Gasteiger partial charge in [0.15, 0.2) is 16.3 Å². The molecule has 1 aliphatic rings. The third-order valence-electron chi connectivity index (χ3n) is 7.07. The van der Waals surface area contributed by atoms with Crippen LogP contribution in [0.3, 0.4) is 0 Å². The Morgan fingerprint density at radius 2 is 1.80 bits per heavy atom. The van der Waals surface area contributed by atoms with Crippen LogP contribution in [0.25, 0.3) is 11.8 Å². The van der Waals surface area contributed by atoms with Crippen LogP contribution in [0.15, 0.2) is 99.6 Å². The molecule has 0 radical (unpaired) electrons. The molecule has 0 spiro atoms. The quantitative estimate of drug-likeness (QED) is 0.159. The zero-order valence-corrected chi connectivity index (χ0v) is 27.3. The van der Waals surface area contributed by atoms with Gasteiger partial charge in [-0.05, 0) is 48.2 Å². The van der Waals surface area contributed by atoms with Gasteiger partial charge >= 0.3 is 5.97 Å². The molecule has 6 rings (SSSR count). The normalized spacial score (nSPS) is 14.6. The number of halogens is 2. The summed E-state index contributed by atoms with van der Waals surface area (Å²) in [6, 6.07) is 23.4. The second-order valence-corrected chi connectivity index (χ2v) is 12.7. The number of thiophene rings is 1. The lowest BCUT2D eigenvalue weighted by molar-refractivity contribution is -0.138. The fourth-order valence-corrected chi connectivity index (χ4v) is 7.32. The number of methoxy groups -OCH3 is 1. The lowest BCUT2D eigenvalue weighted by atomic mass is 9.97. The van der Waals surface area contributed by atoms with Crippen molar-refractivity contribution in [3.05, 3.63) is 141 Å². The molecule has 228 valence electrons. The summed E-state index contributed by atoms with van der Waals surface area (Å²) in [4.78, 5) is 33.8. The van der Waals surface area contributed by atoms with E-state index in [1.54, 1.807) is 35.8 Å². The maximum Gasteiger partial charge on any atom is 0.338 e. The van der Waals surface area contributed by atoms with Crippen LogP contribution in [0.1, 0.15) is 34.5 Å². The van der Waals surface area contributed by atoms with Crippen molar-refractivity contribution in [2.75, 3.05) is 13.7 Å². The Morgan fingerprint density at radius 1 is 1.02 bits per heavy atom.